The van der Waals surface area contributed by atoms with Crippen molar-refractivity contribution in [2.75, 3.05) is 11.9 Å². The lowest BCUT2D eigenvalue weighted by molar-refractivity contribution is -0.175. The molecule has 2 aromatic rings. The van der Waals surface area contributed by atoms with Gasteiger partial charge in [0.1, 0.15) is 23.6 Å². The summed E-state index contributed by atoms with van der Waals surface area (Å²) in [6.45, 7) is 6.27. The summed E-state index contributed by atoms with van der Waals surface area (Å²) in [7, 11) is 0. The van der Waals surface area contributed by atoms with E-state index in [-0.39, 0.29) is 24.3 Å². The molecule has 1 amide bonds. The number of rotatable bonds is 13. The average molecular weight is 598 g/mol. The number of fused-ring (bicyclic) bond motifs is 1. The van der Waals surface area contributed by atoms with Crippen LogP contribution in [0.15, 0.2) is 48.5 Å². The number of carbonyl (C=O) groups is 2. The number of phenolic OH excluding ortho intramolecular Hbond substituents is 2. The van der Waals surface area contributed by atoms with Crippen molar-refractivity contribution >= 4 is 23.6 Å². The van der Waals surface area contributed by atoms with Crippen LogP contribution in [-0.2, 0) is 23.8 Å². The summed E-state index contributed by atoms with van der Waals surface area (Å²) in [5, 5.41) is 33.4. The summed E-state index contributed by atoms with van der Waals surface area (Å²) in [5.74, 6) is -2.27. The van der Waals surface area contributed by atoms with E-state index in [9.17, 15) is 24.9 Å². The van der Waals surface area contributed by atoms with Crippen molar-refractivity contribution in [2.24, 2.45) is 0 Å². The number of anilines is 1. The SMILES string of the molecule is CCCCCCCCOc1ccc(NC(=O)[C@@]2(O)C[C@@H](OC(=O)/C=C/c3ccc(O)c(O)c3)[C@@H]3OC(C)(C)O[C@@H]3C2)cc1. The smallest absolute Gasteiger partial charge is 0.331 e. The maximum absolute atomic E-state index is 13.4. The van der Waals surface area contributed by atoms with Crippen LogP contribution in [-0.4, -0.2) is 63.5 Å². The number of hydrogen-bond acceptors (Lipinski definition) is 9. The summed E-state index contributed by atoms with van der Waals surface area (Å²) < 4.78 is 23.4. The molecular formula is C33H43NO9. The Morgan fingerprint density at radius 3 is 2.42 bits per heavy atom. The predicted molar refractivity (Wildman–Crippen MR) is 161 cm³/mol. The lowest BCUT2D eigenvalue weighted by atomic mass is 9.79. The molecule has 1 saturated carbocycles. The van der Waals surface area contributed by atoms with E-state index in [1.165, 1.54) is 50.0 Å². The number of unbranched alkanes of at least 4 members (excludes halogenated alkanes) is 5. The van der Waals surface area contributed by atoms with Crippen molar-refractivity contribution < 1.29 is 43.9 Å². The largest absolute Gasteiger partial charge is 0.504 e. The molecule has 0 unspecified atom stereocenters. The minimum absolute atomic E-state index is 0.0386. The summed E-state index contributed by atoms with van der Waals surface area (Å²) in [6, 6.07) is 11.1. The van der Waals surface area contributed by atoms with Crippen LogP contribution >= 0.6 is 0 Å². The fourth-order valence-electron chi connectivity index (χ4n) is 5.45. The highest BCUT2D eigenvalue weighted by Gasteiger charge is 2.57. The predicted octanol–water partition coefficient (Wildman–Crippen LogP) is 5.45. The molecular weight excluding hydrogens is 554 g/mol. The number of carbonyl (C=O) groups excluding carboxylic acids is 2. The Morgan fingerprint density at radius 2 is 1.70 bits per heavy atom. The summed E-state index contributed by atoms with van der Waals surface area (Å²) >= 11 is 0. The second kappa shape index (κ2) is 14.2. The molecule has 0 bridgehead atoms. The highest BCUT2D eigenvalue weighted by Crippen LogP contribution is 2.42. The van der Waals surface area contributed by atoms with Gasteiger partial charge in [0.15, 0.2) is 17.3 Å². The molecule has 0 spiro atoms. The molecule has 1 saturated heterocycles. The Balaban J connectivity index is 1.36. The fraction of sp³-hybridized carbons (Fsp3) is 0.515. The van der Waals surface area contributed by atoms with Crippen LogP contribution in [0.3, 0.4) is 0 Å². The van der Waals surface area contributed by atoms with Crippen LogP contribution in [0.1, 0.15) is 77.7 Å². The van der Waals surface area contributed by atoms with Gasteiger partial charge in [-0.05, 0) is 68.3 Å². The van der Waals surface area contributed by atoms with Crippen LogP contribution in [0.25, 0.3) is 6.08 Å². The van der Waals surface area contributed by atoms with Gasteiger partial charge in [0.25, 0.3) is 5.91 Å². The first kappa shape index (κ1) is 32.3. The van der Waals surface area contributed by atoms with Crippen LogP contribution < -0.4 is 10.1 Å². The van der Waals surface area contributed by atoms with Crippen molar-refractivity contribution in [3.05, 3.63) is 54.1 Å². The molecule has 0 aromatic heterocycles. The quantitative estimate of drug-likeness (QED) is 0.103. The Morgan fingerprint density at radius 1 is 0.977 bits per heavy atom. The van der Waals surface area contributed by atoms with E-state index in [1.807, 2.05) is 0 Å². The second-order valence-electron chi connectivity index (χ2n) is 11.7. The Hall–Kier alpha value is -3.60. The van der Waals surface area contributed by atoms with Crippen LogP contribution in [0.2, 0.25) is 0 Å². The van der Waals surface area contributed by atoms with Crippen molar-refractivity contribution in [2.45, 2.75) is 102 Å². The monoisotopic (exact) mass is 597 g/mol. The van der Waals surface area contributed by atoms with Crippen molar-refractivity contribution in [3.63, 3.8) is 0 Å². The van der Waals surface area contributed by atoms with E-state index < -0.39 is 41.6 Å². The number of aromatic hydroxyl groups is 2. The zero-order chi connectivity index (χ0) is 31.0. The van der Waals surface area contributed by atoms with E-state index in [0.29, 0.717) is 23.6 Å². The van der Waals surface area contributed by atoms with E-state index in [4.69, 9.17) is 18.9 Å². The first-order valence-electron chi connectivity index (χ1n) is 15.0. The van der Waals surface area contributed by atoms with Crippen molar-refractivity contribution in [3.8, 4) is 17.2 Å². The van der Waals surface area contributed by atoms with Crippen LogP contribution in [0, 0.1) is 0 Å². The summed E-state index contributed by atoms with van der Waals surface area (Å²) in [4.78, 5) is 26.1. The molecule has 1 aliphatic heterocycles. The molecule has 4 rings (SSSR count). The van der Waals surface area contributed by atoms with Gasteiger partial charge >= 0.3 is 5.97 Å². The topological polar surface area (TPSA) is 144 Å². The minimum atomic E-state index is -1.89. The summed E-state index contributed by atoms with van der Waals surface area (Å²) in [5.41, 5.74) is -0.940. The molecule has 4 atom stereocenters. The lowest BCUT2D eigenvalue weighted by Crippen LogP contribution is -2.57. The van der Waals surface area contributed by atoms with Gasteiger partial charge in [0, 0.05) is 24.6 Å². The van der Waals surface area contributed by atoms with Gasteiger partial charge in [-0.2, -0.15) is 0 Å². The van der Waals surface area contributed by atoms with Crippen LogP contribution in [0.4, 0.5) is 5.69 Å². The number of ether oxygens (including phenoxy) is 4. The van der Waals surface area contributed by atoms with Crippen LogP contribution in [0.5, 0.6) is 17.2 Å². The average Bonchev–Trinajstić information content (AvgIpc) is 3.27. The first-order valence-corrected chi connectivity index (χ1v) is 15.0. The highest BCUT2D eigenvalue weighted by molar-refractivity contribution is 5.97. The zero-order valence-corrected chi connectivity index (χ0v) is 25.1. The number of amides is 1. The Kier molecular flexibility index (Phi) is 10.7. The number of esters is 1. The third-order valence-electron chi connectivity index (χ3n) is 7.65. The molecule has 1 aliphatic carbocycles. The van der Waals surface area contributed by atoms with Gasteiger partial charge < -0.3 is 39.6 Å². The number of phenols is 2. The Labute approximate surface area is 252 Å². The number of hydrogen-bond donors (Lipinski definition) is 4. The molecule has 10 heteroatoms. The molecule has 1 heterocycles. The van der Waals surface area contributed by atoms with Gasteiger partial charge in [-0.15, -0.1) is 0 Å². The normalized spacial score (nSPS) is 24.4. The van der Waals surface area contributed by atoms with E-state index in [0.717, 1.165) is 18.9 Å². The van der Waals surface area contributed by atoms with Gasteiger partial charge in [0.2, 0.25) is 0 Å². The van der Waals surface area contributed by atoms with E-state index in [2.05, 4.69) is 12.2 Å². The molecule has 0 radical (unpaired) electrons. The van der Waals surface area contributed by atoms with Crippen molar-refractivity contribution in [1.82, 2.24) is 0 Å². The third-order valence-corrected chi connectivity index (χ3v) is 7.65. The molecule has 234 valence electrons. The lowest BCUT2D eigenvalue weighted by Gasteiger charge is -2.40. The molecule has 10 nitrogen and oxygen atoms in total. The number of benzene rings is 2. The summed E-state index contributed by atoms with van der Waals surface area (Å²) in [6.07, 6.45) is 7.07. The van der Waals surface area contributed by atoms with E-state index in [1.54, 1.807) is 38.1 Å². The Bertz CT molecular complexity index is 1280. The van der Waals surface area contributed by atoms with Gasteiger partial charge in [-0.3, -0.25) is 4.79 Å². The fourth-order valence-corrected chi connectivity index (χ4v) is 5.45. The molecule has 2 aliphatic rings. The minimum Gasteiger partial charge on any atom is -0.504 e. The van der Waals surface area contributed by atoms with Crippen molar-refractivity contribution in [1.29, 1.82) is 0 Å². The number of nitrogens with one attached hydrogen (secondary N) is 1. The maximum Gasteiger partial charge on any atom is 0.331 e. The second-order valence-corrected chi connectivity index (χ2v) is 11.7. The van der Waals surface area contributed by atoms with Gasteiger partial charge in [-0.25, -0.2) is 4.79 Å². The highest BCUT2D eigenvalue weighted by atomic mass is 16.8. The molecule has 4 N–H and O–H groups in total. The van der Waals surface area contributed by atoms with Gasteiger partial charge in [0.05, 0.1) is 12.7 Å². The molecule has 43 heavy (non-hydrogen) atoms. The molecule has 2 fully saturated rings. The standard InChI is InChI=1S/C33H43NO9/c1-4-5-6-7-8-9-18-40-24-14-12-23(13-15-24)34-31(38)33(39)20-27(30-28(21-33)42-32(2,3)43-30)41-29(37)17-11-22-10-16-25(35)26(36)19-22/h10-17,19,27-28,30,35-36,39H,4-9,18,20-21H2,1-3H3,(H,34,38)/b17-11+/t27-,28-,30+,33-/m1/s1. The van der Waals surface area contributed by atoms with E-state index >= 15 is 0 Å². The number of aliphatic hydroxyl groups is 1. The third kappa shape index (κ3) is 8.95. The van der Waals surface area contributed by atoms with Gasteiger partial charge in [-0.1, -0.05) is 45.1 Å². The maximum atomic E-state index is 13.4. The first-order chi connectivity index (χ1) is 20.5. The zero-order valence-electron chi connectivity index (χ0n) is 25.1. The molecule has 2 aromatic carbocycles.